The maximum Gasteiger partial charge on any atom is 0.128 e. The molecule has 78 valence electrons. The minimum atomic E-state index is -0.194. The molecule has 0 aliphatic carbocycles. The molecule has 2 rings (SSSR count). The fourth-order valence-electron chi connectivity index (χ4n) is 1.84. The van der Waals surface area contributed by atoms with E-state index in [1.165, 1.54) is 0 Å². The van der Waals surface area contributed by atoms with Crippen LogP contribution in [0.25, 0.3) is 5.57 Å². The van der Waals surface area contributed by atoms with E-state index in [0.717, 1.165) is 23.3 Å². The Kier molecular flexibility index (Phi) is 2.38. The van der Waals surface area contributed by atoms with Gasteiger partial charge in [0.25, 0.3) is 0 Å². The Morgan fingerprint density at radius 3 is 2.87 bits per heavy atom. The summed E-state index contributed by atoms with van der Waals surface area (Å²) in [5.41, 5.74) is 4.86. The van der Waals surface area contributed by atoms with E-state index in [4.69, 9.17) is 16.3 Å². The Morgan fingerprint density at radius 1 is 1.47 bits per heavy atom. The molecule has 0 saturated heterocycles. The van der Waals surface area contributed by atoms with Gasteiger partial charge in [0.2, 0.25) is 0 Å². The minimum Gasteiger partial charge on any atom is -0.487 e. The number of benzene rings is 1. The van der Waals surface area contributed by atoms with Crippen molar-refractivity contribution in [2.45, 2.75) is 25.9 Å². The second kappa shape index (κ2) is 3.44. The van der Waals surface area contributed by atoms with Gasteiger partial charge >= 0.3 is 0 Å². The highest BCUT2D eigenvalue weighted by molar-refractivity contribution is 6.30. The maximum absolute atomic E-state index is 5.95. The monoisotopic (exact) mass is 220 g/mol. The average molecular weight is 221 g/mol. The zero-order valence-corrected chi connectivity index (χ0v) is 9.69. The zero-order chi connectivity index (χ0) is 11.1. The summed E-state index contributed by atoms with van der Waals surface area (Å²) in [4.78, 5) is 0. The number of fused-ring (bicyclic) bond motifs is 1. The molecule has 2 heteroatoms. The van der Waals surface area contributed by atoms with Crippen LogP contribution in [0.4, 0.5) is 0 Å². The van der Waals surface area contributed by atoms with Gasteiger partial charge < -0.3 is 4.74 Å². The van der Waals surface area contributed by atoms with Crippen molar-refractivity contribution < 1.29 is 4.74 Å². The Labute approximate surface area is 95.0 Å². The largest absolute Gasteiger partial charge is 0.487 e. The summed E-state index contributed by atoms with van der Waals surface area (Å²) in [6, 6.07) is 5.64. The van der Waals surface area contributed by atoms with Crippen LogP contribution in [0, 0.1) is 0 Å². The van der Waals surface area contributed by atoms with Gasteiger partial charge in [-0.3, -0.25) is 0 Å². The fraction of sp³-hybridized carbons (Fsp3) is 0.308. The van der Waals surface area contributed by atoms with Crippen molar-refractivity contribution in [3.63, 3.8) is 0 Å². The van der Waals surface area contributed by atoms with Crippen molar-refractivity contribution in [2.75, 3.05) is 0 Å². The van der Waals surface area contributed by atoms with E-state index in [0.29, 0.717) is 5.02 Å². The molecule has 1 heterocycles. The Balaban J connectivity index is 2.60. The van der Waals surface area contributed by atoms with Gasteiger partial charge in [-0.25, -0.2) is 0 Å². The molecule has 1 nitrogen and oxygen atoms in total. The molecule has 0 aromatic heterocycles. The molecule has 1 aliphatic rings. The lowest BCUT2D eigenvalue weighted by molar-refractivity contribution is 0.108. The normalized spacial score (nSPS) is 17.7. The van der Waals surface area contributed by atoms with Crippen molar-refractivity contribution in [2.24, 2.45) is 0 Å². The fourth-order valence-corrected chi connectivity index (χ4v) is 2.01. The zero-order valence-electron chi connectivity index (χ0n) is 8.93. The SMILES string of the molecule is C=C=C1CC(C)(C)Oc2ccc(Cl)cc21. The summed E-state index contributed by atoms with van der Waals surface area (Å²) in [6.07, 6.45) is 0.809. The number of hydrogen-bond donors (Lipinski definition) is 0. The quantitative estimate of drug-likeness (QED) is 0.599. The van der Waals surface area contributed by atoms with Crippen LogP contribution in [0.15, 0.2) is 30.5 Å². The number of hydrogen-bond acceptors (Lipinski definition) is 1. The van der Waals surface area contributed by atoms with E-state index in [1.807, 2.05) is 18.2 Å². The molecule has 1 aromatic carbocycles. The number of ether oxygens (including phenoxy) is 1. The van der Waals surface area contributed by atoms with Gasteiger partial charge in [-0.2, -0.15) is 0 Å². The van der Waals surface area contributed by atoms with Crippen molar-refractivity contribution in [3.8, 4) is 5.75 Å². The molecular formula is C13H13ClO. The van der Waals surface area contributed by atoms with Gasteiger partial charge in [0.1, 0.15) is 11.4 Å². The molecule has 0 N–H and O–H groups in total. The molecule has 0 fully saturated rings. The Hall–Kier alpha value is -1.17. The third kappa shape index (κ3) is 1.94. The van der Waals surface area contributed by atoms with Gasteiger partial charge in [0.05, 0.1) is 0 Å². The average Bonchev–Trinajstić information content (AvgIpc) is 2.16. The van der Waals surface area contributed by atoms with Crippen LogP contribution in [-0.4, -0.2) is 5.60 Å². The van der Waals surface area contributed by atoms with E-state index < -0.39 is 0 Å². The first-order chi connectivity index (χ1) is 7.02. The molecule has 0 saturated carbocycles. The molecule has 0 bridgehead atoms. The predicted octanol–water partition coefficient (Wildman–Crippen LogP) is 4.07. The predicted molar refractivity (Wildman–Crippen MR) is 63.3 cm³/mol. The van der Waals surface area contributed by atoms with E-state index in [9.17, 15) is 0 Å². The second-order valence-corrected chi connectivity index (χ2v) is 4.77. The van der Waals surface area contributed by atoms with Crippen molar-refractivity contribution in [3.05, 3.63) is 41.1 Å². The van der Waals surface area contributed by atoms with Crippen LogP contribution in [0.5, 0.6) is 5.75 Å². The lowest BCUT2D eigenvalue weighted by Crippen LogP contribution is -2.31. The summed E-state index contributed by atoms with van der Waals surface area (Å²) >= 11 is 5.95. The number of rotatable bonds is 0. The van der Waals surface area contributed by atoms with Gasteiger partial charge in [-0.1, -0.05) is 18.2 Å². The summed E-state index contributed by atoms with van der Waals surface area (Å²) in [7, 11) is 0. The third-order valence-corrected chi connectivity index (χ3v) is 2.70. The van der Waals surface area contributed by atoms with E-state index >= 15 is 0 Å². The minimum absolute atomic E-state index is 0.194. The standard InChI is InChI=1S/C13H13ClO/c1-4-9-8-13(2,3)15-12-6-5-10(14)7-11(9)12/h5-7H,1,8H2,2-3H3. The van der Waals surface area contributed by atoms with E-state index in [2.05, 4.69) is 26.2 Å². The third-order valence-electron chi connectivity index (χ3n) is 2.47. The van der Waals surface area contributed by atoms with E-state index in [-0.39, 0.29) is 5.60 Å². The topological polar surface area (TPSA) is 9.23 Å². The lowest BCUT2D eigenvalue weighted by atomic mass is 9.90. The number of halogens is 1. The first-order valence-corrected chi connectivity index (χ1v) is 5.27. The first kappa shape index (κ1) is 10.4. The highest BCUT2D eigenvalue weighted by atomic mass is 35.5. The van der Waals surface area contributed by atoms with Crippen molar-refractivity contribution in [1.29, 1.82) is 0 Å². The molecule has 0 atom stereocenters. The van der Waals surface area contributed by atoms with Crippen LogP contribution in [0.2, 0.25) is 5.02 Å². The van der Waals surface area contributed by atoms with Crippen LogP contribution in [-0.2, 0) is 0 Å². The summed E-state index contributed by atoms with van der Waals surface area (Å²) in [6.45, 7) is 7.83. The van der Waals surface area contributed by atoms with Gasteiger partial charge in [-0.15, -0.1) is 5.73 Å². The Bertz CT molecular complexity index is 454. The van der Waals surface area contributed by atoms with Gasteiger partial charge in [-0.05, 0) is 32.0 Å². The van der Waals surface area contributed by atoms with Crippen LogP contribution in [0.1, 0.15) is 25.8 Å². The summed E-state index contributed by atoms with van der Waals surface area (Å²) in [5.74, 6) is 0.863. The molecule has 1 aliphatic heterocycles. The first-order valence-electron chi connectivity index (χ1n) is 4.90. The Morgan fingerprint density at radius 2 is 2.20 bits per heavy atom. The van der Waals surface area contributed by atoms with Crippen LogP contribution < -0.4 is 4.74 Å². The molecule has 0 unspecified atom stereocenters. The van der Waals surface area contributed by atoms with Crippen molar-refractivity contribution in [1.82, 2.24) is 0 Å². The second-order valence-electron chi connectivity index (χ2n) is 4.33. The highest BCUT2D eigenvalue weighted by Gasteiger charge is 2.29. The lowest BCUT2D eigenvalue weighted by Gasteiger charge is -2.33. The maximum atomic E-state index is 5.95. The molecule has 1 aromatic rings. The molecule has 0 spiro atoms. The van der Waals surface area contributed by atoms with Gasteiger partial charge in [0.15, 0.2) is 0 Å². The van der Waals surface area contributed by atoms with Crippen LogP contribution >= 0.6 is 11.6 Å². The molecule has 0 radical (unpaired) electrons. The van der Waals surface area contributed by atoms with Crippen molar-refractivity contribution >= 4 is 17.2 Å². The molecular weight excluding hydrogens is 208 g/mol. The smallest absolute Gasteiger partial charge is 0.128 e. The summed E-state index contributed by atoms with van der Waals surface area (Å²) in [5, 5.41) is 0.713. The highest BCUT2D eigenvalue weighted by Crippen LogP contribution is 2.40. The van der Waals surface area contributed by atoms with Crippen LogP contribution in [0.3, 0.4) is 0 Å². The molecule has 15 heavy (non-hydrogen) atoms. The summed E-state index contributed by atoms with van der Waals surface area (Å²) < 4.78 is 5.86. The van der Waals surface area contributed by atoms with E-state index in [1.54, 1.807) is 0 Å². The molecule has 0 amide bonds. The van der Waals surface area contributed by atoms with Gasteiger partial charge in [0, 0.05) is 22.6 Å².